The lowest BCUT2D eigenvalue weighted by Gasteiger charge is -2.37. The number of ether oxygens (including phenoxy) is 2. The van der Waals surface area contributed by atoms with Crippen molar-refractivity contribution in [3.05, 3.63) is 0 Å². The van der Waals surface area contributed by atoms with E-state index in [-0.39, 0.29) is 0 Å². The Hall–Kier alpha value is -1.30. The maximum absolute atomic E-state index is 11.9. The number of hydrogen-bond acceptors (Lipinski definition) is 5. The second kappa shape index (κ2) is 5.77. The van der Waals surface area contributed by atoms with Crippen LogP contribution in [0.4, 0.5) is 4.79 Å². The smallest absolute Gasteiger partial charge is 0.408 e. The molecule has 6 nitrogen and oxygen atoms in total. The molecule has 1 saturated carbocycles. The molecule has 0 atom stereocenters. The lowest BCUT2D eigenvalue weighted by molar-refractivity contribution is -0.151. The van der Waals surface area contributed by atoms with Gasteiger partial charge in [0.15, 0.2) is 0 Å². The van der Waals surface area contributed by atoms with Gasteiger partial charge in [0.05, 0.1) is 13.2 Å². The lowest BCUT2D eigenvalue weighted by Crippen LogP contribution is -2.58. The molecule has 0 aliphatic heterocycles. The Morgan fingerprint density at radius 1 is 1.26 bits per heavy atom. The molecule has 19 heavy (non-hydrogen) atoms. The number of nitrogens with one attached hydrogen (secondary N) is 1. The van der Waals surface area contributed by atoms with Crippen LogP contribution in [0.25, 0.3) is 0 Å². The minimum atomic E-state index is -1.09. The third-order valence-corrected chi connectivity index (χ3v) is 3.13. The summed E-state index contributed by atoms with van der Waals surface area (Å²) in [5.74, 6) is -0.495. The monoisotopic (exact) mass is 273 g/mol. The zero-order chi connectivity index (χ0) is 14.7. The fourth-order valence-electron chi connectivity index (χ4n) is 2.17. The van der Waals surface area contributed by atoms with Crippen LogP contribution in [0, 0.1) is 0 Å². The van der Waals surface area contributed by atoms with Crippen molar-refractivity contribution >= 4 is 12.1 Å². The summed E-state index contributed by atoms with van der Waals surface area (Å²) in [6.07, 6.45) is 0.517. The first-order valence-corrected chi connectivity index (χ1v) is 6.46. The summed E-state index contributed by atoms with van der Waals surface area (Å²) >= 11 is 0. The minimum absolute atomic E-state index is 0.347. The van der Waals surface area contributed by atoms with Gasteiger partial charge >= 0.3 is 12.1 Å². The Balaban J connectivity index is 2.76. The maximum atomic E-state index is 11.9. The van der Waals surface area contributed by atoms with E-state index in [2.05, 4.69) is 5.32 Å². The highest BCUT2D eigenvalue weighted by atomic mass is 16.6. The van der Waals surface area contributed by atoms with Gasteiger partial charge in [-0.1, -0.05) is 0 Å². The van der Waals surface area contributed by atoms with Crippen LogP contribution in [0.5, 0.6) is 0 Å². The van der Waals surface area contributed by atoms with Crippen LogP contribution >= 0.6 is 0 Å². The summed E-state index contributed by atoms with van der Waals surface area (Å²) in [7, 11) is 1.28. The number of amides is 1. The summed E-state index contributed by atoms with van der Waals surface area (Å²) in [4.78, 5) is 23.8. The maximum Gasteiger partial charge on any atom is 0.408 e. The molecule has 1 aliphatic rings. The first-order valence-electron chi connectivity index (χ1n) is 6.46. The average Bonchev–Trinajstić information content (AvgIpc) is 2.29. The van der Waals surface area contributed by atoms with Crippen molar-refractivity contribution in [3.63, 3.8) is 0 Å². The number of esters is 1. The lowest BCUT2D eigenvalue weighted by atomic mass is 9.80. The largest absolute Gasteiger partial charge is 0.467 e. The van der Waals surface area contributed by atoms with Crippen LogP contribution in [-0.2, 0) is 14.3 Å². The number of aliphatic hydroxyl groups excluding tert-OH is 1. The molecular weight excluding hydrogens is 250 g/mol. The highest BCUT2D eigenvalue weighted by Crippen LogP contribution is 2.30. The summed E-state index contributed by atoms with van der Waals surface area (Å²) in [5.41, 5.74) is -1.72. The second-order valence-electron chi connectivity index (χ2n) is 5.93. The first kappa shape index (κ1) is 15.8. The Bertz CT molecular complexity index is 339. The van der Waals surface area contributed by atoms with Gasteiger partial charge in [0.25, 0.3) is 0 Å². The summed E-state index contributed by atoms with van der Waals surface area (Å²) < 4.78 is 9.94. The van der Waals surface area contributed by atoms with Crippen molar-refractivity contribution in [3.8, 4) is 0 Å². The Morgan fingerprint density at radius 2 is 1.79 bits per heavy atom. The van der Waals surface area contributed by atoms with Gasteiger partial charge in [0.2, 0.25) is 0 Å². The minimum Gasteiger partial charge on any atom is -0.467 e. The first-order chi connectivity index (χ1) is 8.68. The second-order valence-corrected chi connectivity index (χ2v) is 5.93. The molecule has 0 aromatic rings. The average molecular weight is 273 g/mol. The number of rotatable bonds is 2. The molecular formula is C13H23NO5. The van der Waals surface area contributed by atoms with Crippen LogP contribution in [0.1, 0.15) is 46.5 Å². The fourth-order valence-corrected chi connectivity index (χ4v) is 2.17. The zero-order valence-electron chi connectivity index (χ0n) is 12.0. The summed E-state index contributed by atoms with van der Waals surface area (Å²) in [6, 6.07) is 0. The number of aliphatic hydroxyl groups is 1. The van der Waals surface area contributed by atoms with Gasteiger partial charge in [0, 0.05) is 0 Å². The number of alkyl carbamates (subject to hydrolysis) is 1. The van der Waals surface area contributed by atoms with E-state index in [1.54, 1.807) is 20.8 Å². The van der Waals surface area contributed by atoms with Gasteiger partial charge in [-0.15, -0.1) is 0 Å². The molecule has 1 amide bonds. The Kier molecular flexibility index (Phi) is 4.79. The number of carbonyl (C=O) groups is 2. The van der Waals surface area contributed by atoms with Gasteiger partial charge in [-0.25, -0.2) is 9.59 Å². The molecule has 0 heterocycles. The molecule has 110 valence electrons. The van der Waals surface area contributed by atoms with Gasteiger partial charge < -0.3 is 19.9 Å². The SMILES string of the molecule is COC(=O)C1(NC(=O)OC(C)(C)C)CCC(O)CC1. The van der Waals surface area contributed by atoms with Crippen molar-refractivity contribution in [1.29, 1.82) is 0 Å². The van der Waals surface area contributed by atoms with E-state index in [1.165, 1.54) is 7.11 Å². The van der Waals surface area contributed by atoms with Gasteiger partial charge in [-0.05, 0) is 46.5 Å². The Morgan fingerprint density at radius 3 is 2.21 bits per heavy atom. The van der Waals surface area contributed by atoms with Crippen LogP contribution in [-0.4, -0.2) is 41.5 Å². The molecule has 1 fully saturated rings. The molecule has 0 bridgehead atoms. The zero-order valence-corrected chi connectivity index (χ0v) is 12.0. The molecule has 1 aliphatic carbocycles. The third-order valence-electron chi connectivity index (χ3n) is 3.13. The predicted octanol–water partition coefficient (Wildman–Crippen LogP) is 1.36. The van der Waals surface area contributed by atoms with E-state index < -0.39 is 29.3 Å². The molecule has 0 radical (unpaired) electrons. The van der Waals surface area contributed by atoms with Crippen molar-refractivity contribution in [2.24, 2.45) is 0 Å². The van der Waals surface area contributed by atoms with Crippen molar-refractivity contribution in [2.75, 3.05) is 7.11 Å². The van der Waals surface area contributed by atoms with E-state index in [9.17, 15) is 14.7 Å². The van der Waals surface area contributed by atoms with Crippen LogP contribution in [0.15, 0.2) is 0 Å². The van der Waals surface area contributed by atoms with Gasteiger partial charge in [0.1, 0.15) is 11.1 Å². The van der Waals surface area contributed by atoms with E-state index in [1.807, 2.05) is 0 Å². The molecule has 0 saturated heterocycles. The molecule has 0 unspecified atom stereocenters. The molecule has 1 rings (SSSR count). The topological polar surface area (TPSA) is 84.9 Å². The highest BCUT2D eigenvalue weighted by Gasteiger charge is 2.44. The summed E-state index contributed by atoms with van der Waals surface area (Å²) in [6.45, 7) is 5.26. The molecule has 0 aromatic heterocycles. The fraction of sp³-hybridized carbons (Fsp3) is 0.846. The standard InChI is InChI=1S/C13H23NO5/c1-12(2,3)19-11(17)14-13(10(16)18-4)7-5-9(15)6-8-13/h9,15H,5-8H2,1-4H3,(H,14,17). The normalized spacial score (nSPS) is 27.5. The highest BCUT2D eigenvalue weighted by molar-refractivity contribution is 5.86. The number of hydrogen-bond donors (Lipinski definition) is 2. The molecule has 6 heteroatoms. The van der Waals surface area contributed by atoms with E-state index in [4.69, 9.17) is 9.47 Å². The van der Waals surface area contributed by atoms with Crippen LogP contribution in [0.3, 0.4) is 0 Å². The number of methoxy groups -OCH3 is 1. The third kappa shape index (κ3) is 4.38. The quantitative estimate of drug-likeness (QED) is 0.742. The van der Waals surface area contributed by atoms with Gasteiger partial charge in [-0.2, -0.15) is 0 Å². The van der Waals surface area contributed by atoms with E-state index in [0.717, 1.165) is 0 Å². The van der Waals surface area contributed by atoms with Crippen molar-refractivity contribution < 1.29 is 24.2 Å². The Labute approximate surface area is 113 Å². The molecule has 0 aromatic carbocycles. The van der Waals surface area contributed by atoms with Crippen LogP contribution in [0.2, 0.25) is 0 Å². The number of carbonyl (C=O) groups excluding carboxylic acids is 2. The molecule has 2 N–H and O–H groups in total. The van der Waals surface area contributed by atoms with Crippen molar-refractivity contribution in [1.82, 2.24) is 5.32 Å². The summed E-state index contributed by atoms with van der Waals surface area (Å²) in [5, 5.41) is 12.1. The van der Waals surface area contributed by atoms with Crippen LogP contribution < -0.4 is 5.32 Å². The van der Waals surface area contributed by atoms with Gasteiger partial charge in [-0.3, -0.25) is 0 Å². The molecule has 0 spiro atoms. The van der Waals surface area contributed by atoms with E-state index in [0.29, 0.717) is 25.7 Å². The predicted molar refractivity (Wildman–Crippen MR) is 68.6 cm³/mol. The van der Waals surface area contributed by atoms with E-state index >= 15 is 0 Å². The van der Waals surface area contributed by atoms with Crippen molar-refractivity contribution in [2.45, 2.75) is 63.7 Å².